The van der Waals surface area contributed by atoms with Gasteiger partial charge < -0.3 is 19.1 Å². The normalized spacial score (nSPS) is 18.7. The van der Waals surface area contributed by atoms with Gasteiger partial charge in [0, 0.05) is 62.9 Å². The molecule has 2 fully saturated rings. The van der Waals surface area contributed by atoms with Crippen LogP contribution in [0.5, 0.6) is 0 Å². The maximum atomic E-state index is 12.8. The SMILES string of the molecule is CC(C)n1ccnc1C1CCN(C(=O)c2cnc(N3CCOCC3)nc2)CC1. The monoisotopic (exact) mass is 384 g/mol. The summed E-state index contributed by atoms with van der Waals surface area (Å²) in [6, 6.07) is 0.402. The van der Waals surface area contributed by atoms with E-state index in [2.05, 4.69) is 38.3 Å². The Balaban J connectivity index is 1.36. The average Bonchev–Trinajstić information content (AvgIpc) is 3.24. The van der Waals surface area contributed by atoms with Crippen LogP contribution in [0.15, 0.2) is 24.8 Å². The average molecular weight is 384 g/mol. The Morgan fingerprint density at radius 1 is 1.07 bits per heavy atom. The molecule has 0 atom stereocenters. The van der Waals surface area contributed by atoms with Gasteiger partial charge in [-0.05, 0) is 26.7 Å². The summed E-state index contributed by atoms with van der Waals surface area (Å²) in [6.45, 7) is 8.76. The number of morpholine rings is 1. The molecule has 4 heterocycles. The number of amides is 1. The first kappa shape index (κ1) is 18.9. The number of anilines is 1. The second-order valence-corrected chi connectivity index (χ2v) is 7.72. The largest absolute Gasteiger partial charge is 0.378 e. The van der Waals surface area contributed by atoms with E-state index in [0.29, 0.717) is 36.7 Å². The van der Waals surface area contributed by atoms with Gasteiger partial charge in [-0.2, -0.15) is 0 Å². The quantitative estimate of drug-likeness (QED) is 0.804. The second kappa shape index (κ2) is 8.26. The number of hydrogen-bond donors (Lipinski definition) is 0. The zero-order valence-electron chi connectivity index (χ0n) is 16.6. The zero-order chi connectivity index (χ0) is 19.5. The molecule has 0 bridgehead atoms. The molecule has 2 aromatic heterocycles. The molecule has 0 N–H and O–H groups in total. The van der Waals surface area contributed by atoms with Crippen LogP contribution < -0.4 is 4.90 Å². The third-order valence-corrected chi connectivity index (χ3v) is 5.58. The summed E-state index contributed by atoms with van der Waals surface area (Å²) in [7, 11) is 0. The van der Waals surface area contributed by atoms with Crippen molar-refractivity contribution in [2.24, 2.45) is 0 Å². The number of nitrogens with zero attached hydrogens (tertiary/aromatic N) is 6. The number of likely N-dealkylation sites (tertiary alicyclic amines) is 1. The zero-order valence-corrected chi connectivity index (χ0v) is 16.6. The lowest BCUT2D eigenvalue weighted by Gasteiger charge is -2.32. The minimum absolute atomic E-state index is 0.0131. The molecule has 4 rings (SSSR count). The van der Waals surface area contributed by atoms with Crippen LogP contribution >= 0.6 is 0 Å². The first-order valence-electron chi connectivity index (χ1n) is 10.1. The number of piperidine rings is 1. The lowest BCUT2D eigenvalue weighted by molar-refractivity contribution is 0.0709. The van der Waals surface area contributed by atoms with Gasteiger partial charge in [0.2, 0.25) is 5.95 Å². The molecule has 2 saturated heterocycles. The molecule has 2 aliphatic rings. The van der Waals surface area contributed by atoms with Gasteiger partial charge in [-0.25, -0.2) is 15.0 Å². The minimum atomic E-state index is 0.0131. The van der Waals surface area contributed by atoms with Gasteiger partial charge in [0.05, 0.1) is 18.8 Å². The standard InChI is InChI=1S/C20H28N6O2/c1-15(2)26-8-5-21-18(26)16-3-6-24(7-4-16)19(27)17-13-22-20(23-14-17)25-9-11-28-12-10-25/h5,8,13-16H,3-4,6-7,9-12H2,1-2H3. The molecule has 0 saturated carbocycles. The summed E-state index contributed by atoms with van der Waals surface area (Å²) in [5.74, 6) is 2.22. The summed E-state index contributed by atoms with van der Waals surface area (Å²) in [4.78, 5) is 30.2. The molecule has 150 valence electrons. The molecule has 0 radical (unpaired) electrons. The Morgan fingerprint density at radius 3 is 2.39 bits per heavy atom. The van der Waals surface area contributed by atoms with E-state index in [9.17, 15) is 4.79 Å². The van der Waals surface area contributed by atoms with Crippen molar-refractivity contribution >= 4 is 11.9 Å². The van der Waals surface area contributed by atoms with Gasteiger partial charge >= 0.3 is 0 Å². The van der Waals surface area contributed by atoms with E-state index in [-0.39, 0.29) is 5.91 Å². The van der Waals surface area contributed by atoms with E-state index in [1.54, 1.807) is 12.4 Å². The molecule has 0 unspecified atom stereocenters. The van der Waals surface area contributed by atoms with Gasteiger partial charge in [-0.1, -0.05) is 0 Å². The van der Waals surface area contributed by atoms with Crippen LogP contribution in [0, 0.1) is 0 Å². The van der Waals surface area contributed by atoms with Crippen LogP contribution in [0.4, 0.5) is 5.95 Å². The van der Waals surface area contributed by atoms with Crippen molar-refractivity contribution in [1.82, 2.24) is 24.4 Å². The van der Waals surface area contributed by atoms with Gasteiger partial charge in [0.1, 0.15) is 5.82 Å². The van der Waals surface area contributed by atoms with Crippen LogP contribution in [-0.4, -0.2) is 69.7 Å². The van der Waals surface area contributed by atoms with E-state index in [1.807, 2.05) is 17.3 Å². The molecular formula is C20H28N6O2. The number of rotatable bonds is 4. The highest BCUT2D eigenvalue weighted by Gasteiger charge is 2.27. The number of imidazole rings is 1. The van der Waals surface area contributed by atoms with Crippen molar-refractivity contribution in [1.29, 1.82) is 0 Å². The molecule has 2 aliphatic heterocycles. The number of ether oxygens (including phenoxy) is 1. The van der Waals surface area contributed by atoms with Crippen molar-refractivity contribution in [2.45, 2.75) is 38.6 Å². The van der Waals surface area contributed by atoms with E-state index >= 15 is 0 Å². The molecule has 8 nitrogen and oxygen atoms in total. The highest BCUT2D eigenvalue weighted by atomic mass is 16.5. The van der Waals surface area contributed by atoms with E-state index in [0.717, 1.165) is 44.8 Å². The Morgan fingerprint density at radius 2 is 1.75 bits per heavy atom. The first-order valence-corrected chi connectivity index (χ1v) is 10.1. The summed E-state index contributed by atoms with van der Waals surface area (Å²) in [5, 5.41) is 0. The van der Waals surface area contributed by atoms with Gasteiger partial charge in [0.15, 0.2) is 0 Å². The minimum Gasteiger partial charge on any atom is -0.378 e. The predicted octanol–water partition coefficient (Wildman–Crippen LogP) is 2.11. The highest BCUT2D eigenvalue weighted by molar-refractivity contribution is 5.93. The van der Waals surface area contributed by atoms with Crippen molar-refractivity contribution in [3.05, 3.63) is 36.2 Å². The van der Waals surface area contributed by atoms with Crippen molar-refractivity contribution in [2.75, 3.05) is 44.3 Å². The maximum absolute atomic E-state index is 12.8. The summed E-state index contributed by atoms with van der Waals surface area (Å²) in [5.41, 5.74) is 0.555. The summed E-state index contributed by atoms with van der Waals surface area (Å²) in [6.07, 6.45) is 9.09. The molecule has 2 aromatic rings. The molecule has 8 heteroatoms. The van der Waals surface area contributed by atoms with Gasteiger partial charge in [-0.3, -0.25) is 4.79 Å². The summed E-state index contributed by atoms with van der Waals surface area (Å²) >= 11 is 0. The van der Waals surface area contributed by atoms with E-state index in [1.165, 1.54) is 0 Å². The van der Waals surface area contributed by atoms with Crippen LogP contribution in [0.25, 0.3) is 0 Å². The van der Waals surface area contributed by atoms with E-state index in [4.69, 9.17) is 4.74 Å². The number of hydrogen-bond acceptors (Lipinski definition) is 6. The lowest BCUT2D eigenvalue weighted by Crippen LogP contribution is -2.39. The third kappa shape index (κ3) is 3.87. The van der Waals surface area contributed by atoms with E-state index < -0.39 is 0 Å². The van der Waals surface area contributed by atoms with Crippen LogP contribution in [-0.2, 0) is 4.74 Å². The Bertz CT molecular complexity index is 789. The van der Waals surface area contributed by atoms with Crippen LogP contribution in [0.2, 0.25) is 0 Å². The lowest BCUT2D eigenvalue weighted by atomic mass is 9.95. The maximum Gasteiger partial charge on any atom is 0.256 e. The highest BCUT2D eigenvalue weighted by Crippen LogP contribution is 2.29. The fraction of sp³-hybridized carbons (Fsp3) is 0.600. The number of carbonyl (C=O) groups excluding carboxylic acids is 1. The first-order chi connectivity index (χ1) is 13.6. The molecule has 0 aromatic carbocycles. The van der Waals surface area contributed by atoms with Gasteiger partial charge in [-0.15, -0.1) is 0 Å². The Hall–Kier alpha value is -2.48. The molecule has 1 amide bonds. The second-order valence-electron chi connectivity index (χ2n) is 7.72. The van der Waals surface area contributed by atoms with Crippen molar-refractivity contribution in [3.63, 3.8) is 0 Å². The van der Waals surface area contributed by atoms with Gasteiger partial charge in [0.25, 0.3) is 5.91 Å². The fourth-order valence-electron chi connectivity index (χ4n) is 3.96. The fourth-order valence-corrected chi connectivity index (χ4v) is 3.96. The number of carbonyl (C=O) groups is 1. The number of aromatic nitrogens is 4. The van der Waals surface area contributed by atoms with Crippen molar-refractivity contribution in [3.8, 4) is 0 Å². The Kier molecular flexibility index (Phi) is 5.57. The molecule has 0 spiro atoms. The molecular weight excluding hydrogens is 356 g/mol. The molecule has 0 aliphatic carbocycles. The van der Waals surface area contributed by atoms with Crippen molar-refractivity contribution < 1.29 is 9.53 Å². The topological polar surface area (TPSA) is 76.4 Å². The summed E-state index contributed by atoms with van der Waals surface area (Å²) < 4.78 is 7.59. The Labute approximate surface area is 165 Å². The predicted molar refractivity (Wildman–Crippen MR) is 106 cm³/mol. The molecule has 28 heavy (non-hydrogen) atoms. The third-order valence-electron chi connectivity index (χ3n) is 5.58. The van der Waals surface area contributed by atoms with Crippen LogP contribution in [0.1, 0.15) is 54.8 Å². The van der Waals surface area contributed by atoms with Crippen LogP contribution in [0.3, 0.4) is 0 Å². The smallest absolute Gasteiger partial charge is 0.256 e.